The third-order valence-corrected chi connectivity index (χ3v) is 10.0. The molecule has 0 unspecified atom stereocenters. The minimum Gasteiger partial charge on any atom is -0.468 e. The van der Waals surface area contributed by atoms with Crippen molar-refractivity contribution in [1.82, 2.24) is 30.1 Å². The second-order valence-corrected chi connectivity index (χ2v) is 16.5. The Bertz CT molecular complexity index is 2130. The zero-order valence-electron chi connectivity index (χ0n) is 33.4. The van der Waals surface area contributed by atoms with Gasteiger partial charge in [0.1, 0.15) is 22.6 Å². The standard InChI is InChI=1S/C41H53FN6O8/c1-39(2,3)56-38(51)48-17-10-14-40(4,22-48)46-37(50)53-18-9-13-26-11-8-12-27-19-28(55-25-52-7)20-29(31(26)27)33-32(42)34-30(21-43-33)35(49)45-36(44-34)54-24-41(15-16-41)23-47(5)6/h8,11-12,19-21H,9-10,13-18,22-25H2,1-7H3,(H,46,50)(H,44,45,49)/t40-/m1/s1. The number of likely N-dealkylation sites (tertiary alicyclic amines) is 1. The summed E-state index contributed by atoms with van der Waals surface area (Å²) in [6, 6.07) is 9.21. The predicted molar refractivity (Wildman–Crippen MR) is 210 cm³/mol. The summed E-state index contributed by atoms with van der Waals surface area (Å²) in [5, 5.41) is 4.45. The molecule has 2 aliphatic rings. The summed E-state index contributed by atoms with van der Waals surface area (Å²) in [6.45, 7) is 9.48. The monoisotopic (exact) mass is 776 g/mol. The van der Waals surface area contributed by atoms with Crippen molar-refractivity contribution in [1.29, 1.82) is 0 Å². The Morgan fingerprint density at radius 2 is 1.91 bits per heavy atom. The lowest BCUT2D eigenvalue weighted by atomic mass is 9.91. The molecule has 2 aromatic heterocycles. The van der Waals surface area contributed by atoms with Crippen LogP contribution >= 0.6 is 0 Å². The normalized spacial score (nSPS) is 17.9. The molecule has 1 saturated carbocycles. The highest BCUT2D eigenvalue weighted by molar-refractivity contribution is 6.00. The van der Waals surface area contributed by atoms with Gasteiger partial charge in [0.05, 0.1) is 24.1 Å². The molecule has 1 aliphatic carbocycles. The zero-order valence-corrected chi connectivity index (χ0v) is 33.4. The fraction of sp³-hybridized carbons (Fsp3) is 0.537. The number of benzene rings is 2. The Kier molecular flexibility index (Phi) is 12.0. The van der Waals surface area contributed by atoms with Crippen LogP contribution in [0.5, 0.6) is 11.8 Å². The van der Waals surface area contributed by atoms with Gasteiger partial charge < -0.3 is 38.8 Å². The van der Waals surface area contributed by atoms with Crippen molar-refractivity contribution < 1.29 is 37.7 Å². The highest BCUT2D eigenvalue weighted by Crippen LogP contribution is 2.46. The van der Waals surface area contributed by atoms with Crippen molar-refractivity contribution in [3.63, 3.8) is 0 Å². The maximum absolute atomic E-state index is 16.7. The van der Waals surface area contributed by atoms with E-state index in [1.165, 1.54) is 13.3 Å². The van der Waals surface area contributed by atoms with E-state index in [-0.39, 0.29) is 41.4 Å². The molecule has 302 valence electrons. The van der Waals surface area contributed by atoms with Gasteiger partial charge >= 0.3 is 12.2 Å². The van der Waals surface area contributed by atoms with Gasteiger partial charge in [0, 0.05) is 43.9 Å². The molecule has 0 spiro atoms. The third kappa shape index (κ3) is 9.85. The van der Waals surface area contributed by atoms with Gasteiger partial charge in [-0.3, -0.25) is 14.8 Å². The molecule has 2 aromatic carbocycles. The number of fused-ring (bicyclic) bond motifs is 2. The van der Waals surface area contributed by atoms with Gasteiger partial charge in [-0.25, -0.2) is 14.0 Å². The van der Waals surface area contributed by atoms with Gasteiger partial charge in [-0.2, -0.15) is 4.98 Å². The molecule has 56 heavy (non-hydrogen) atoms. The number of halogens is 1. The number of pyridine rings is 1. The molecule has 4 aromatic rings. The fourth-order valence-electron chi connectivity index (χ4n) is 7.34. The van der Waals surface area contributed by atoms with E-state index in [2.05, 4.69) is 25.2 Å². The van der Waals surface area contributed by atoms with Crippen molar-refractivity contribution in [2.24, 2.45) is 5.41 Å². The van der Waals surface area contributed by atoms with Crippen LogP contribution in [0, 0.1) is 11.2 Å². The Balaban J connectivity index is 1.21. The number of hydrogen-bond acceptors (Lipinski definition) is 11. The molecule has 2 amide bonds. The van der Waals surface area contributed by atoms with Crippen LogP contribution in [-0.2, 0) is 20.6 Å². The average molecular weight is 777 g/mol. The zero-order chi connectivity index (χ0) is 40.3. The smallest absolute Gasteiger partial charge is 0.410 e. The largest absolute Gasteiger partial charge is 0.468 e. The second kappa shape index (κ2) is 16.6. The highest BCUT2D eigenvalue weighted by Gasteiger charge is 2.44. The Morgan fingerprint density at radius 3 is 2.62 bits per heavy atom. The minimum atomic E-state index is -0.769. The van der Waals surface area contributed by atoms with Gasteiger partial charge in [-0.05, 0) is 109 Å². The van der Waals surface area contributed by atoms with Crippen molar-refractivity contribution in [3.8, 4) is 23.0 Å². The number of nitrogens with zero attached hydrogens (tertiary/aromatic N) is 4. The van der Waals surface area contributed by atoms with Gasteiger partial charge in [0.2, 0.25) is 0 Å². The number of carbonyl (C=O) groups is 2. The van der Waals surface area contributed by atoms with E-state index in [0.717, 1.165) is 35.7 Å². The molecule has 2 N–H and O–H groups in total. The van der Waals surface area contributed by atoms with Crippen LogP contribution in [0.15, 0.2) is 41.3 Å². The van der Waals surface area contributed by atoms with Crippen molar-refractivity contribution >= 4 is 33.9 Å². The van der Waals surface area contributed by atoms with E-state index < -0.39 is 34.7 Å². The number of methoxy groups -OCH3 is 1. The lowest BCUT2D eigenvalue weighted by Crippen LogP contribution is -2.58. The van der Waals surface area contributed by atoms with E-state index in [4.69, 9.17) is 23.7 Å². The molecule has 0 bridgehead atoms. The molecule has 3 heterocycles. The lowest BCUT2D eigenvalue weighted by Gasteiger charge is -2.40. The van der Waals surface area contributed by atoms with Crippen molar-refractivity contribution in [2.75, 3.05) is 60.8 Å². The van der Waals surface area contributed by atoms with Gasteiger partial charge in [0.25, 0.3) is 11.6 Å². The molecule has 6 rings (SSSR count). The number of piperidine rings is 1. The first kappa shape index (κ1) is 40.6. The number of aromatic amines is 1. The number of carbonyl (C=O) groups excluding carboxylic acids is 2. The summed E-state index contributed by atoms with van der Waals surface area (Å²) in [4.78, 5) is 53.9. The molecule has 14 nitrogen and oxygen atoms in total. The first-order valence-corrected chi connectivity index (χ1v) is 19.0. The van der Waals surface area contributed by atoms with E-state index >= 15 is 4.39 Å². The number of aromatic nitrogens is 3. The van der Waals surface area contributed by atoms with E-state index in [9.17, 15) is 14.4 Å². The average Bonchev–Trinajstić information content (AvgIpc) is 3.89. The SMILES string of the molecule is COCOc1cc(-c2ncc3c(=O)[nH]c(OCC4(CN(C)C)CC4)nc3c2F)c2c(CCCOC(=O)N[C@]3(C)CCCN(C(=O)OC(C)(C)C)C3)cccc2c1. The van der Waals surface area contributed by atoms with Crippen LogP contribution in [0.4, 0.5) is 14.0 Å². The first-order chi connectivity index (χ1) is 26.6. The van der Waals surface area contributed by atoms with Crippen LogP contribution < -0.4 is 20.3 Å². The maximum atomic E-state index is 16.7. The molecular formula is C41H53FN6O8. The molecule has 1 saturated heterocycles. The number of alkyl carbamates (subject to hydrolysis) is 1. The molecule has 1 atom stereocenters. The van der Waals surface area contributed by atoms with Crippen LogP contribution in [0.2, 0.25) is 0 Å². The summed E-state index contributed by atoms with van der Waals surface area (Å²) in [7, 11) is 5.51. The molecule has 15 heteroatoms. The summed E-state index contributed by atoms with van der Waals surface area (Å²) < 4.78 is 44.7. The Morgan fingerprint density at radius 1 is 1.12 bits per heavy atom. The number of nitrogens with one attached hydrogen (secondary N) is 2. The quantitative estimate of drug-likeness (QED) is 0.107. The van der Waals surface area contributed by atoms with Crippen molar-refractivity contribution in [3.05, 3.63) is 58.3 Å². The summed E-state index contributed by atoms with van der Waals surface area (Å²) >= 11 is 0. The van der Waals surface area contributed by atoms with E-state index in [1.54, 1.807) is 11.0 Å². The molecule has 0 radical (unpaired) electrons. The summed E-state index contributed by atoms with van der Waals surface area (Å²) in [6.07, 6.45) is 4.68. The number of H-pyrrole nitrogens is 1. The summed E-state index contributed by atoms with van der Waals surface area (Å²) in [5.74, 6) is -0.331. The predicted octanol–water partition coefficient (Wildman–Crippen LogP) is 6.43. The van der Waals surface area contributed by atoms with E-state index in [0.29, 0.717) is 56.7 Å². The highest BCUT2D eigenvalue weighted by atomic mass is 19.1. The first-order valence-electron chi connectivity index (χ1n) is 19.0. The topological polar surface area (TPSA) is 157 Å². The molecular weight excluding hydrogens is 723 g/mol. The summed E-state index contributed by atoms with van der Waals surface area (Å²) in [5.41, 5.74) is -0.722. The van der Waals surface area contributed by atoms with Crippen molar-refractivity contribution in [2.45, 2.75) is 77.4 Å². The van der Waals surface area contributed by atoms with Crippen LogP contribution in [0.1, 0.15) is 65.4 Å². The fourth-order valence-corrected chi connectivity index (χ4v) is 7.34. The minimum absolute atomic E-state index is 0.000553. The van der Waals surface area contributed by atoms with Gasteiger partial charge in [-0.1, -0.05) is 18.2 Å². The number of rotatable bonds is 14. The third-order valence-electron chi connectivity index (χ3n) is 10.0. The number of aryl methyl sites for hydroxylation is 1. The molecule has 2 fully saturated rings. The lowest BCUT2D eigenvalue weighted by molar-refractivity contribution is 0.0118. The second-order valence-electron chi connectivity index (χ2n) is 16.5. The van der Waals surface area contributed by atoms with Crippen LogP contribution in [-0.4, -0.2) is 109 Å². The Labute approximate surface area is 326 Å². The van der Waals surface area contributed by atoms with E-state index in [1.807, 2.05) is 66.1 Å². The maximum Gasteiger partial charge on any atom is 0.410 e. The van der Waals surface area contributed by atoms with Crippen LogP contribution in [0.3, 0.4) is 0 Å². The van der Waals surface area contributed by atoms with Gasteiger partial charge in [0.15, 0.2) is 12.6 Å². The number of ether oxygens (including phenoxy) is 5. The number of hydrogen-bond donors (Lipinski definition) is 2. The number of amides is 2. The molecule has 1 aliphatic heterocycles. The van der Waals surface area contributed by atoms with Crippen LogP contribution in [0.25, 0.3) is 32.9 Å². The van der Waals surface area contributed by atoms with Gasteiger partial charge in [-0.15, -0.1) is 0 Å². The Hall–Kier alpha value is -5.02.